The monoisotopic (exact) mass is 513 g/mol. The molecule has 0 fully saturated rings. The van der Waals surface area contributed by atoms with Gasteiger partial charge in [-0.2, -0.15) is 0 Å². The van der Waals surface area contributed by atoms with Gasteiger partial charge in [-0.3, -0.25) is 0 Å². The van der Waals surface area contributed by atoms with Crippen LogP contribution in [-0.4, -0.2) is 20.3 Å². The summed E-state index contributed by atoms with van der Waals surface area (Å²) in [5.41, 5.74) is 4.82. The molecule has 0 aliphatic heterocycles. The normalized spacial score (nSPS) is 13.7. The molecule has 4 aromatic rings. The summed E-state index contributed by atoms with van der Waals surface area (Å²) in [5, 5.41) is 3.92. The Kier molecular flexibility index (Phi) is 8.25. The Morgan fingerprint density at radius 1 is 0.722 bits per heavy atom. The molecule has 0 aliphatic carbocycles. The number of rotatable bonds is 7. The molecule has 0 heterocycles. The molecule has 0 saturated heterocycles. The Balaban J connectivity index is 1.98. The molecule has 0 saturated carbocycles. The highest BCUT2D eigenvalue weighted by Crippen LogP contribution is 2.39. The van der Waals surface area contributed by atoms with Crippen LogP contribution >= 0.6 is 7.92 Å². The van der Waals surface area contributed by atoms with E-state index in [9.17, 15) is 4.21 Å². The molecule has 1 unspecified atom stereocenters. The van der Waals surface area contributed by atoms with E-state index in [1.807, 2.05) is 27.8 Å². The zero-order valence-electron chi connectivity index (χ0n) is 22.1. The fourth-order valence-electron chi connectivity index (χ4n) is 4.78. The molecule has 0 aliphatic rings. The zero-order valence-corrected chi connectivity index (χ0v) is 23.8. The van der Waals surface area contributed by atoms with E-state index in [2.05, 4.69) is 121 Å². The first kappa shape index (κ1) is 26.5. The van der Waals surface area contributed by atoms with Gasteiger partial charge in [0.15, 0.2) is 0 Å². The fraction of sp³-hybridized carbons (Fsp3) is 0.250. The molecule has 2 nitrogen and oxygen atoms in total. The van der Waals surface area contributed by atoms with Crippen molar-refractivity contribution < 1.29 is 4.21 Å². The number of hydrogen-bond acceptors (Lipinski definition) is 1. The van der Waals surface area contributed by atoms with Gasteiger partial charge in [-0.05, 0) is 69.6 Å². The third kappa shape index (κ3) is 5.86. The van der Waals surface area contributed by atoms with E-state index in [1.54, 1.807) is 0 Å². The maximum absolute atomic E-state index is 13.8. The van der Waals surface area contributed by atoms with E-state index in [0.29, 0.717) is 0 Å². The van der Waals surface area contributed by atoms with E-state index in [0.717, 1.165) is 0 Å². The maximum atomic E-state index is 13.8. The lowest BCUT2D eigenvalue weighted by molar-refractivity contribution is 0.441. The van der Waals surface area contributed by atoms with Gasteiger partial charge in [-0.1, -0.05) is 114 Å². The Morgan fingerprint density at radius 3 is 1.69 bits per heavy atom. The first-order valence-electron chi connectivity index (χ1n) is 12.4. The second-order valence-electron chi connectivity index (χ2n) is 10.3. The van der Waals surface area contributed by atoms with Gasteiger partial charge in [-0.25, -0.2) is 8.51 Å². The van der Waals surface area contributed by atoms with Crippen LogP contribution in [0.3, 0.4) is 0 Å². The lowest BCUT2D eigenvalue weighted by Crippen LogP contribution is -2.39. The van der Waals surface area contributed by atoms with E-state index in [4.69, 9.17) is 0 Å². The molecule has 0 N–H and O–H groups in total. The molecule has 4 heteroatoms. The topological polar surface area (TPSA) is 20.3 Å². The summed E-state index contributed by atoms with van der Waals surface area (Å²) in [4.78, 5) is 0. The predicted molar refractivity (Wildman–Crippen MR) is 159 cm³/mol. The van der Waals surface area contributed by atoms with Crippen molar-refractivity contribution in [3.05, 3.63) is 125 Å². The molecule has 0 bridgehead atoms. The van der Waals surface area contributed by atoms with Crippen molar-refractivity contribution in [3.63, 3.8) is 0 Å². The van der Waals surface area contributed by atoms with Crippen molar-refractivity contribution in [2.45, 2.75) is 45.4 Å². The van der Waals surface area contributed by atoms with Crippen molar-refractivity contribution in [1.82, 2.24) is 4.31 Å². The minimum Gasteiger partial charge on any atom is -0.242 e. The third-order valence-corrected chi connectivity index (χ3v) is 10.5. The van der Waals surface area contributed by atoms with Crippen LogP contribution in [0, 0.1) is 13.8 Å². The van der Waals surface area contributed by atoms with Crippen molar-refractivity contribution in [3.8, 4) is 0 Å². The lowest BCUT2D eigenvalue weighted by Gasteiger charge is -2.35. The van der Waals surface area contributed by atoms with Crippen molar-refractivity contribution in [2.75, 3.05) is 7.05 Å². The summed E-state index contributed by atoms with van der Waals surface area (Å²) in [6.45, 7) is 10.4. The summed E-state index contributed by atoms with van der Waals surface area (Å²) in [6, 6.07) is 36.9. The average molecular weight is 514 g/mol. The van der Waals surface area contributed by atoms with Crippen LogP contribution in [0.1, 0.15) is 49.1 Å². The zero-order chi connectivity index (χ0) is 25.9. The molecule has 4 aromatic carbocycles. The summed E-state index contributed by atoms with van der Waals surface area (Å²) in [6.07, 6.45) is 0. The number of aryl methyl sites for hydroxylation is 2. The second kappa shape index (κ2) is 11.2. The van der Waals surface area contributed by atoms with E-state index in [1.165, 1.54) is 38.2 Å². The summed E-state index contributed by atoms with van der Waals surface area (Å²) in [7, 11) is 0.00872. The van der Waals surface area contributed by atoms with Gasteiger partial charge in [0.2, 0.25) is 0 Å². The van der Waals surface area contributed by atoms with Crippen LogP contribution in [0.4, 0.5) is 0 Å². The molecule has 0 amide bonds. The number of nitrogens with zero attached hydrogens (tertiary/aromatic N) is 1. The molecular formula is C32H36NOPS. The summed E-state index contributed by atoms with van der Waals surface area (Å²) >= 11 is 0. The van der Waals surface area contributed by atoms with Crippen LogP contribution in [-0.2, 0) is 11.0 Å². The smallest absolute Gasteiger partial charge is 0.100 e. The van der Waals surface area contributed by atoms with Gasteiger partial charge in [-0.15, -0.1) is 0 Å². The van der Waals surface area contributed by atoms with Gasteiger partial charge in [0, 0.05) is 7.05 Å². The minimum atomic E-state index is -1.20. The molecule has 0 radical (unpaired) electrons. The fourth-order valence-corrected chi connectivity index (χ4v) is 8.56. The standard InChI is InChI=1S/C32H36NOPS/c1-24-21-25(2)23-26(22-24)31(33(6)36(34)32(3,4)5)29-19-13-14-20-30(29)35(27-15-9-7-10-16-27)28-17-11-8-12-18-28/h7-23,31H,1-6H3/t31-,36?/m0/s1. The highest BCUT2D eigenvalue weighted by molar-refractivity contribution is 7.84. The highest BCUT2D eigenvalue weighted by atomic mass is 32.2. The maximum Gasteiger partial charge on any atom is 0.100 e. The minimum absolute atomic E-state index is 0.141. The van der Waals surface area contributed by atoms with Gasteiger partial charge < -0.3 is 0 Å². The van der Waals surface area contributed by atoms with Crippen LogP contribution in [0.25, 0.3) is 0 Å². The first-order valence-corrected chi connectivity index (χ1v) is 14.8. The Hall–Kier alpha value is -2.58. The molecule has 0 aromatic heterocycles. The van der Waals surface area contributed by atoms with Crippen molar-refractivity contribution >= 4 is 34.8 Å². The van der Waals surface area contributed by atoms with Gasteiger partial charge in [0.1, 0.15) is 11.0 Å². The predicted octanol–water partition coefficient (Wildman–Crippen LogP) is 6.55. The molecule has 36 heavy (non-hydrogen) atoms. The Morgan fingerprint density at radius 2 is 1.19 bits per heavy atom. The Labute approximate surface area is 220 Å². The molecule has 2 atom stereocenters. The van der Waals surface area contributed by atoms with Crippen LogP contribution in [0.5, 0.6) is 0 Å². The van der Waals surface area contributed by atoms with Crippen LogP contribution in [0.2, 0.25) is 0 Å². The molecule has 0 spiro atoms. The molecular weight excluding hydrogens is 477 g/mol. The summed E-state index contributed by atoms with van der Waals surface area (Å²) in [5.74, 6) is 0. The van der Waals surface area contributed by atoms with E-state index in [-0.39, 0.29) is 10.8 Å². The Bertz CT molecular complexity index is 1270. The van der Waals surface area contributed by atoms with Crippen LogP contribution in [0.15, 0.2) is 103 Å². The van der Waals surface area contributed by atoms with Crippen molar-refractivity contribution in [2.24, 2.45) is 0 Å². The first-order chi connectivity index (χ1) is 17.2. The second-order valence-corrected chi connectivity index (χ2v) is 14.8. The number of benzene rings is 4. The van der Waals surface area contributed by atoms with Gasteiger partial charge in [0.25, 0.3) is 0 Å². The largest absolute Gasteiger partial charge is 0.242 e. The highest BCUT2D eigenvalue weighted by Gasteiger charge is 2.33. The van der Waals surface area contributed by atoms with Gasteiger partial charge in [0.05, 0.1) is 10.8 Å². The van der Waals surface area contributed by atoms with Gasteiger partial charge >= 0.3 is 0 Å². The summed E-state index contributed by atoms with van der Waals surface area (Å²) < 4.78 is 15.5. The third-order valence-electron chi connectivity index (χ3n) is 6.21. The molecule has 4 rings (SSSR count). The average Bonchev–Trinajstić information content (AvgIpc) is 2.85. The van der Waals surface area contributed by atoms with Crippen molar-refractivity contribution in [1.29, 1.82) is 0 Å². The lowest BCUT2D eigenvalue weighted by atomic mass is 9.95. The number of hydrogen-bond donors (Lipinski definition) is 0. The molecule has 186 valence electrons. The quantitative estimate of drug-likeness (QED) is 0.257. The van der Waals surface area contributed by atoms with E-state index < -0.39 is 18.9 Å². The van der Waals surface area contributed by atoms with E-state index >= 15 is 0 Å². The SMILES string of the molecule is Cc1cc(C)cc([C@@H](c2ccccc2P(c2ccccc2)c2ccccc2)N(C)S(=O)C(C)(C)C)c1. The van der Waals surface area contributed by atoms with Crippen LogP contribution < -0.4 is 15.9 Å².